The third kappa shape index (κ3) is 3.81. The van der Waals surface area contributed by atoms with E-state index < -0.39 is 0 Å². The van der Waals surface area contributed by atoms with Crippen molar-refractivity contribution in [3.05, 3.63) is 68.8 Å². The van der Waals surface area contributed by atoms with Crippen LogP contribution in [0, 0.1) is 0 Å². The van der Waals surface area contributed by atoms with E-state index in [0.717, 1.165) is 10.2 Å². The number of pyridine rings is 1. The smallest absolute Gasteiger partial charge is 0.275 e. The average Bonchev–Trinajstić information content (AvgIpc) is 2.57. The van der Waals surface area contributed by atoms with E-state index >= 15 is 0 Å². The Morgan fingerprint density at radius 1 is 1.28 bits per heavy atom. The summed E-state index contributed by atoms with van der Waals surface area (Å²) in [5, 5.41) is 8.90. The van der Waals surface area contributed by atoms with Gasteiger partial charge in [-0.15, -0.1) is 0 Å². The van der Waals surface area contributed by atoms with Crippen molar-refractivity contribution in [1.29, 1.82) is 0 Å². The molecule has 1 atom stereocenters. The fourth-order valence-corrected chi connectivity index (χ4v) is 3.07. The van der Waals surface area contributed by atoms with Crippen LogP contribution in [-0.2, 0) is 11.3 Å². The van der Waals surface area contributed by atoms with Crippen LogP contribution in [0.15, 0.2) is 47.7 Å². The Bertz CT molecular complexity index is 1000. The summed E-state index contributed by atoms with van der Waals surface area (Å²) in [7, 11) is 0. The molecule has 3 rings (SSSR count). The molecule has 0 aliphatic rings. The maximum absolute atomic E-state index is 12.4. The number of amides is 1. The molecule has 1 aromatic carbocycles. The Morgan fingerprint density at radius 2 is 2.08 bits per heavy atom. The quantitative estimate of drug-likeness (QED) is 0.759. The van der Waals surface area contributed by atoms with Gasteiger partial charge in [0.15, 0.2) is 0 Å². The minimum Gasteiger partial charge on any atom is -0.348 e. The topological polar surface area (TPSA) is 76.9 Å². The number of benzene rings is 1. The Labute approximate surface area is 153 Å². The average molecular weight is 377 g/mol. The molecule has 0 radical (unpaired) electrons. The van der Waals surface area contributed by atoms with Gasteiger partial charge in [-0.25, -0.2) is 4.68 Å². The van der Waals surface area contributed by atoms with E-state index in [-0.39, 0.29) is 24.1 Å². The summed E-state index contributed by atoms with van der Waals surface area (Å²) in [5.41, 5.74) is 0.400. The van der Waals surface area contributed by atoms with Gasteiger partial charge in [-0.1, -0.05) is 29.3 Å². The third-order valence-electron chi connectivity index (χ3n) is 3.75. The summed E-state index contributed by atoms with van der Waals surface area (Å²) in [5.74, 6) is -0.346. The number of nitrogens with zero attached hydrogens (tertiary/aromatic N) is 3. The van der Waals surface area contributed by atoms with Gasteiger partial charge in [0.1, 0.15) is 6.54 Å². The summed E-state index contributed by atoms with van der Waals surface area (Å²) in [6.45, 7) is 1.61. The zero-order valence-corrected chi connectivity index (χ0v) is 14.8. The largest absolute Gasteiger partial charge is 0.348 e. The molecule has 0 spiro atoms. The molecule has 0 fully saturated rings. The summed E-state index contributed by atoms with van der Waals surface area (Å²) in [6.07, 6.45) is 4.59. The molecule has 128 valence electrons. The van der Waals surface area contributed by atoms with Crippen LogP contribution in [0.3, 0.4) is 0 Å². The molecule has 25 heavy (non-hydrogen) atoms. The first kappa shape index (κ1) is 17.4. The van der Waals surface area contributed by atoms with E-state index in [9.17, 15) is 9.59 Å². The second kappa shape index (κ2) is 7.21. The molecule has 0 saturated heterocycles. The molecule has 3 aromatic rings. The summed E-state index contributed by atoms with van der Waals surface area (Å²) >= 11 is 12.0. The first-order valence-electron chi connectivity index (χ1n) is 7.50. The van der Waals surface area contributed by atoms with Gasteiger partial charge in [-0.3, -0.25) is 14.6 Å². The summed E-state index contributed by atoms with van der Waals surface area (Å²) in [4.78, 5) is 28.6. The SMILES string of the molecule is C[C@H](NC(=O)Cn1ncc2cnccc2c1=O)c1ccc(Cl)cc1Cl. The lowest BCUT2D eigenvalue weighted by molar-refractivity contribution is -0.122. The molecule has 0 saturated carbocycles. The van der Waals surface area contributed by atoms with Crippen LogP contribution < -0.4 is 10.9 Å². The van der Waals surface area contributed by atoms with Gasteiger partial charge in [0.05, 0.1) is 17.6 Å². The number of nitrogens with one attached hydrogen (secondary N) is 1. The molecular formula is C17H14Cl2N4O2. The van der Waals surface area contributed by atoms with E-state index in [1.54, 1.807) is 37.4 Å². The molecule has 0 aliphatic carbocycles. The standard InChI is InChI=1S/C17H14Cl2N4O2/c1-10(13-3-2-12(18)6-15(13)19)22-16(24)9-23-17(25)14-4-5-20-7-11(14)8-21-23/h2-8,10H,9H2,1H3,(H,22,24)/t10-/m0/s1. The lowest BCUT2D eigenvalue weighted by atomic mass is 10.1. The highest BCUT2D eigenvalue weighted by atomic mass is 35.5. The number of rotatable bonds is 4. The van der Waals surface area contributed by atoms with Gasteiger partial charge in [0, 0.05) is 27.8 Å². The molecule has 6 nitrogen and oxygen atoms in total. The fourth-order valence-electron chi connectivity index (χ4n) is 2.49. The van der Waals surface area contributed by atoms with E-state index in [2.05, 4.69) is 15.4 Å². The van der Waals surface area contributed by atoms with Crippen LogP contribution in [0.5, 0.6) is 0 Å². The van der Waals surface area contributed by atoms with E-state index in [1.165, 1.54) is 12.4 Å². The van der Waals surface area contributed by atoms with Crippen LogP contribution in [0.4, 0.5) is 0 Å². The van der Waals surface area contributed by atoms with Gasteiger partial charge >= 0.3 is 0 Å². The van der Waals surface area contributed by atoms with E-state index in [0.29, 0.717) is 20.8 Å². The highest BCUT2D eigenvalue weighted by Gasteiger charge is 2.14. The van der Waals surface area contributed by atoms with Crippen molar-refractivity contribution in [2.45, 2.75) is 19.5 Å². The summed E-state index contributed by atoms with van der Waals surface area (Å²) < 4.78 is 1.12. The molecule has 2 aromatic heterocycles. The van der Waals surface area contributed by atoms with Gasteiger partial charge in [-0.2, -0.15) is 5.10 Å². The molecule has 1 N–H and O–H groups in total. The zero-order valence-electron chi connectivity index (χ0n) is 13.2. The summed E-state index contributed by atoms with van der Waals surface area (Å²) in [6, 6.07) is 6.34. The normalized spacial score (nSPS) is 12.1. The number of hydrogen-bond donors (Lipinski definition) is 1. The molecule has 0 aliphatic heterocycles. The number of aromatic nitrogens is 3. The molecule has 8 heteroatoms. The van der Waals surface area contributed by atoms with Crippen molar-refractivity contribution >= 4 is 39.9 Å². The second-order valence-electron chi connectivity index (χ2n) is 5.53. The van der Waals surface area contributed by atoms with Crippen molar-refractivity contribution in [2.24, 2.45) is 0 Å². The van der Waals surface area contributed by atoms with Gasteiger partial charge in [0.25, 0.3) is 5.56 Å². The van der Waals surface area contributed by atoms with Gasteiger partial charge < -0.3 is 5.32 Å². The lowest BCUT2D eigenvalue weighted by Crippen LogP contribution is -2.35. The van der Waals surface area contributed by atoms with Crippen molar-refractivity contribution in [1.82, 2.24) is 20.1 Å². The van der Waals surface area contributed by atoms with Gasteiger partial charge in [0.2, 0.25) is 5.91 Å². The first-order valence-corrected chi connectivity index (χ1v) is 8.25. The Morgan fingerprint density at radius 3 is 2.84 bits per heavy atom. The first-order chi connectivity index (χ1) is 12.0. The van der Waals surface area contributed by atoms with Crippen LogP contribution in [0.1, 0.15) is 18.5 Å². The number of hydrogen-bond acceptors (Lipinski definition) is 4. The van der Waals surface area contributed by atoms with Crippen molar-refractivity contribution in [2.75, 3.05) is 0 Å². The zero-order chi connectivity index (χ0) is 18.0. The number of halogens is 2. The van der Waals surface area contributed by atoms with Crippen LogP contribution in [0.2, 0.25) is 10.0 Å². The maximum Gasteiger partial charge on any atom is 0.275 e. The number of carbonyl (C=O) groups is 1. The minimum absolute atomic E-state index is 0.188. The van der Waals surface area contributed by atoms with Crippen molar-refractivity contribution in [3.63, 3.8) is 0 Å². The Balaban J connectivity index is 1.76. The highest BCUT2D eigenvalue weighted by Crippen LogP contribution is 2.26. The highest BCUT2D eigenvalue weighted by molar-refractivity contribution is 6.35. The van der Waals surface area contributed by atoms with Crippen molar-refractivity contribution < 1.29 is 4.79 Å². The Kier molecular flexibility index (Phi) is 5.01. The molecule has 1 amide bonds. The minimum atomic E-state index is -0.346. The molecule has 0 unspecified atom stereocenters. The van der Waals surface area contributed by atoms with Gasteiger partial charge in [-0.05, 0) is 30.7 Å². The predicted octanol–water partition coefficient (Wildman–Crippen LogP) is 2.98. The maximum atomic E-state index is 12.4. The third-order valence-corrected chi connectivity index (χ3v) is 4.32. The predicted molar refractivity (Wildman–Crippen MR) is 96.8 cm³/mol. The molecular weight excluding hydrogens is 363 g/mol. The van der Waals surface area contributed by atoms with Crippen LogP contribution >= 0.6 is 23.2 Å². The number of carbonyl (C=O) groups excluding carboxylic acids is 1. The lowest BCUT2D eigenvalue weighted by Gasteiger charge is -2.16. The molecule has 0 bridgehead atoms. The van der Waals surface area contributed by atoms with E-state index in [4.69, 9.17) is 23.2 Å². The molecule has 2 heterocycles. The van der Waals surface area contributed by atoms with Crippen LogP contribution in [0.25, 0.3) is 10.8 Å². The number of fused-ring (bicyclic) bond motifs is 1. The second-order valence-corrected chi connectivity index (χ2v) is 6.37. The monoisotopic (exact) mass is 376 g/mol. The fraction of sp³-hybridized carbons (Fsp3) is 0.176. The van der Waals surface area contributed by atoms with E-state index in [1.807, 2.05) is 0 Å². The Hall–Kier alpha value is -2.44. The van der Waals surface area contributed by atoms with Crippen LogP contribution in [-0.4, -0.2) is 20.7 Å². The van der Waals surface area contributed by atoms with Crippen molar-refractivity contribution in [3.8, 4) is 0 Å².